The van der Waals surface area contributed by atoms with Crippen molar-refractivity contribution < 1.29 is 4.74 Å². The molecule has 2 aromatic heterocycles. The van der Waals surface area contributed by atoms with Crippen molar-refractivity contribution in [3.8, 4) is 5.75 Å². The van der Waals surface area contributed by atoms with Gasteiger partial charge in [0.2, 0.25) is 0 Å². The highest BCUT2D eigenvalue weighted by molar-refractivity contribution is 5.76. The Kier molecular flexibility index (Phi) is 4.93. The number of nitrogens with one attached hydrogen (secondary N) is 2. The molecule has 2 heterocycles. The molecule has 0 aliphatic carbocycles. The van der Waals surface area contributed by atoms with Gasteiger partial charge in [0.15, 0.2) is 5.52 Å². The first kappa shape index (κ1) is 18.0. The number of H-pyrrole nitrogens is 2. The predicted molar refractivity (Wildman–Crippen MR) is 109 cm³/mol. The number of aromatic amines is 2. The first-order valence-electron chi connectivity index (χ1n) is 9.33. The molecule has 0 radical (unpaired) electrons. The fourth-order valence-corrected chi connectivity index (χ4v) is 3.10. The smallest absolute Gasteiger partial charge is 0.279 e. The molecule has 4 rings (SSSR count). The van der Waals surface area contributed by atoms with Gasteiger partial charge in [-0.25, -0.2) is 4.98 Å². The summed E-state index contributed by atoms with van der Waals surface area (Å²) in [6.07, 6.45) is 0.535. The molecule has 2 N–H and O–H groups in total. The number of fused-ring (bicyclic) bond motifs is 1. The van der Waals surface area contributed by atoms with Crippen molar-refractivity contribution in [2.24, 2.45) is 0 Å². The van der Waals surface area contributed by atoms with Gasteiger partial charge in [-0.15, -0.1) is 0 Å². The Morgan fingerprint density at radius 3 is 2.43 bits per heavy atom. The highest BCUT2D eigenvalue weighted by Gasteiger charge is 2.14. The summed E-state index contributed by atoms with van der Waals surface area (Å²) in [5, 5.41) is 7.03. The number of benzene rings is 2. The molecule has 0 aliphatic rings. The van der Waals surface area contributed by atoms with Gasteiger partial charge in [-0.05, 0) is 29.2 Å². The summed E-state index contributed by atoms with van der Waals surface area (Å²) in [6.45, 7) is 4.62. The Morgan fingerprint density at radius 1 is 0.964 bits per heavy atom. The zero-order chi connectivity index (χ0) is 19.5. The van der Waals surface area contributed by atoms with Gasteiger partial charge in [-0.3, -0.25) is 9.89 Å². The average Bonchev–Trinajstić information content (AvgIpc) is 3.13. The Labute approximate surface area is 162 Å². The molecule has 0 amide bonds. The van der Waals surface area contributed by atoms with Crippen molar-refractivity contribution in [1.29, 1.82) is 0 Å². The second-order valence-electron chi connectivity index (χ2n) is 7.10. The quantitative estimate of drug-likeness (QED) is 0.535. The molecule has 6 heteroatoms. The van der Waals surface area contributed by atoms with E-state index in [-0.39, 0.29) is 11.5 Å². The van der Waals surface area contributed by atoms with Crippen LogP contribution in [-0.4, -0.2) is 20.2 Å². The van der Waals surface area contributed by atoms with E-state index in [4.69, 9.17) is 4.74 Å². The summed E-state index contributed by atoms with van der Waals surface area (Å²) in [4.78, 5) is 19.8. The van der Waals surface area contributed by atoms with Crippen molar-refractivity contribution in [3.63, 3.8) is 0 Å². The highest BCUT2D eigenvalue weighted by Crippen LogP contribution is 2.20. The minimum absolute atomic E-state index is 0.216. The van der Waals surface area contributed by atoms with Crippen LogP contribution < -0.4 is 10.3 Å². The molecule has 0 saturated heterocycles. The van der Waals surface area contributed by atoms with E-state index in [1.807, 2.05) is 68.4 Å². The molecule has 0 fully saturated rings. The van der Waals surface area contributed by atoms with Crippen molar-refractivity contribution >= 4 is 11.0 Å². The third-order valence-corrected chi connectivity index (χ3v) is 4.61. The number of hydrogen-bond donors (Lipinski definition) is 2. The molecule has 6 nitrogen and oxygen atoms in total. The van der Waals surface area contributed by atoms with Gasteiger partial charge in [0, 0.05) is 6.42 Å². The maximum Gasteiger partial charge on any atom is 0.279 e. The molecule has 0 bridgehead atoms. The minimum atomic E-state index is -0.217. The lowest BCUT2D eigenvalue weighted by Gasteiger charge is -2.08. The van der Waals surface area contributed by atoms with Crippen molar-refractivity contribution in [3.05, 3.63) is 87.6 Å². The standard InChI is InChI=1S/C22H22N4O2/c1-14(2)19-20-21(26-25-19)22(27)24-18(23-20)12-15-8-10-17(11-9-15)28-13-16-6-4-3-5-7-16/h3-11,14H,12-13H2,1-2H3,(H,25,26)(H,23,24,27). The molecule has 0 saturated carbocycles. The maximum atomic E-state index is 12.3. The number of nitrogens with zero attached hydrogens (tertiary/aromatic N) is 2. The number of aromatic nitrogens is 4. The van der Waals surface area contributed by atoms with Gasteiger partial charge >= 0.3 is 0 Å². The van der Waals surface area contributed by atoms with Crippen LogP contribution in [-0.2, 0) is 13.0 Å². The van der Waals surface area contributed by atoms with Crippen LogP contribution in [0.3, 0.4) is 0 Å². The SMILES string of the molecule is CC(C)c1[nH]nc2c(=O)[nH]c(Cc3ccc(OCc4ccccc4)cc3)nc12. The molecular formula is C22H22N4O2. The van der Waals surface area contributed by atoms with Gasteiger partial charge in [0.25, 0.3) is 5.56 Å². The molecule has 142 valence electrons. The third kappa shape index (κ3) is 3.81. The Hall–Kier alpha value is -3.41. The Morgan fingerprint density at radius 2 is 1.71 bits per heavy atom. The Balaban J connectivity index is 1.50. The van der Waals surface area contributed by atoms with Crippen LogP contribution in [0.1, 0.15) is 42.4 Å². The van der Waals surface area contributed by atoms with Crippen LogP contribution in [0.25, 0.3) is 11.0 Å². The van der Waals surface area contributed by atoms with Gasteiger partial charge in [-0.2, -0.15) is 5.10 Å². The van der Waals surface area contributed by atoms with Crippen LogP contribution in [0.15, 0.2) is 59.4 Å². The number of ether oxygens (including phenoxy) is 1. The van der Waals surface area contributed by atoms with Gasteiger partial charge in [0.1, 0.15) is 23.7 Å². The number of rotatable bonds is 6. The summed E-state index contributed by atoms with van der Waals surface area (Å²) in [7, 11) is 0. The normalized spacial score (nSPS) is 11.2. The van der Waals surface area contributed by atoms with E-state index in [9.17, 15) is 4.79 Å². The summed E-state index contributed by atoms with van der Waals surface area (Å²) >= 11 is 0. The molecule has 0 aliphatic heterocycles. The van der Waals surface area contributed by atoms with Gasteiger partial charge < -0.3 is 9.72 Å². The molecule has 0 spiro atoms. The topological polar surface area (TPSA) is 83.7 Å². The molecule has 0 unspecified atom stereocenters. The van der Waals surface area contributed by atoms with E-state index >= 15 is 0 Å². The minimum Gasteiger partial charge on any atom is -0.489 e. The molecule has 0 atom stereocenters. The van der Waals surface area contributed by atoms with E-state index in [1.165, 1.54) is 0 Å². The van der Waals surface area contributed by atoms with Crippen LogP contribution in [0.2, 0.25) is 0 Å². The van der Waals surface area contributed by atoms with E-state index in [0.717, 1.165) is 22.6 Å². The summed E-state index contributed by atoms with van der Waals surface area (Å²) < 4.78 is 5.82. The fourth-order valence-electron chi connectivity index (χ4n) is 3.10. The van der Waals surface area contributed by atoms with Crippen molar-refractivity contribution in [2.75, 3.05) is 0 Å². The summed E-state index contributed by atoms with van der Waals surface area (Å²) in [6, 6.07) is 17.9. The fraction of sp³-hybridized carbons (Fsp3) is 0.227. The maximum absolute atomic E-state index is 12.3. The van der Waals surface area contributed by atoms with Crippen LogP contribution in [0.5, 0.6) is 5.75 Å². The first-order valence-corrected chi connectivity index (χ1v) is 9.33. The largest absolute Gasteiger partial charge is 0.489 e. The average molecular weight is 374 g/mol. The molecule has 4 aromatic rings. The predicted octanol–water partition coefficient (Wildman–Crippen LogP) is 3.94. The van der Waals surface area contributed by atoms with Crippen molar-refractivity contribution in [2.45, 2.75) is 32.8 Å². The summed E-state index contributed by atoms with van der Waals surface area (Å²) in [5.74, 6) is 1.65. The van der Waals surface area contributed by atoms with Crippen LogP contribution >= 0.6 is 0 Å². The first-order chi connectivity index (χ1) is 13.6. The lowest BCUT2D eigenvalue weighted by molar-refractivity contribution is 0.306. The zero-order valence-electron chi connectivity index (χ0n) is 15.9. The molecule has 28 heavy (non-hydrogen) atoms. The molecular weight excluding hydrogens is 352 g/mol. The van der Waals surface area contributed by atoms with Gasteiger partial charge in [0.05, 0.1) is 5.69 Å². The third-order valence-electron chi connectivity index (χ3n) is 4.61. The van der Waals surface area contributed by atoms with E-state index in [1.54, 1.807) is 0 Å². The van der Waals surface area contributed by atoms with E-state index in [2.05, 4.69) is 20.2 Å². The lowest BCUT2D eigenvalue weighted by atomic mass is 10.1. The van der Waals surface area contributed by atoms with Crippen LogP contribution in [0, 0.1) is 0 Å². The molecule has 2 aromatic carbocycles. The number of hydrogen-bond acceptors (Lipinski definition) is 4. The highest BCUT2D eigenvalue weighted by atomic mass is 16.5. The van der Waals surface area contributed by atoms with Crippen molar-refractivity contribution in [1.82, 2.24) is 20.2 Å². The summed E-state index contributed by atoms with van der Waals surface area (Å²) in [5.41, 5.74) is 3.85. The van der Waals surface area contributed by atoms with E-state index < -0.39 is 0 Å². The second-order valence-corrected chi connectivity index (χ2v) is 7.10. The monoisotopic (exact) mass is 374 g/mol. The zero-order valence-corrected chi connectivity index (χ0v) is 15.9. The van der Waals surface area contributed by atoms with E-state index in [0.29, 0.717) is 29.9 Å². The lowest BCUT2D eigenvalue weighted by Crippen LogP contribution is -2.12. The van der Waals surface area contributed by atoms with Gasteiger partial charge in [-0.1, -0.05) is 56.3 Å². The second kappa shape index (κ2) is 7.68. The Bertz CT molecular complexity index is 1130. The van der Waals surface area contributed by atoms with Crippen LogP contribution in [0.4, 0.5) is 0 Å².